The van der Waals surface area contributed by atoms with Gasteiger partial charge in [0, 0.05) is 13.2 Å². The molecule has 0 aliphatic heterocycles. The Morgan fingerprint density at radius 1 is 1.14 bits per heavy atom. The van der Waals surface area contributed by atoms with Gasteiger partial charge in [-0.3, -0.25) is 0 Å². The fraction of sp³-hybridized carbons (Fsp3) is 1.00. The minimum Gasteiger partial charge on any atom is -0.352 e. The molecule has 0 aromatic carbocycles. The molecule has 1 N–H and O–H groups in total. The van der Waals surface area contributed by atoms with Crippen molar-refractivity contribution in [2.24, 2.45) is 0 Å². The monoisotopic (exact) mass is 225 g/mol. The van der Waals surface area contributed by atoms with Crippen molar-refractivity contribution in [1.82, 2.24) is 4.72 Å². The highest BCUT2D eigenvalue weighted by Gasteiger charge is 2.12. The second-order valence-electron chi connectivity index (χ2n) is 2.59. The maximum Gasteiger partial charge on any atom is 0.211 e. The summed E-state index contributed by atoms with van der Waals surface area (Å²) in [4.78, 5) is 0. The molecule has 0 unspecified atom stereocenters. The Bertz CT molecular complexity index is 221. The zero-order chi connectivity index (χ0) is 11.0. The summed E-state index contributed by atoms with van der Waals surface area (Å²) in [6.45, 7) is 6.41. The van der Waals surface area contributed by atoms with E-state index in [0.717, 1.165) is 0 Å². The summed E-state index contributed by atoms with van der Waals surface area (Å²) in [6, 6.07) is 0. The number of ether oxygens (including phenoxy) is 2. The summed E-state index contributed by atoms with van der Waals surface area (Å²) in [5, 5.41) is 0. The van der Waals surface area contributed by atoms with E-state index >= 15 is 0 Å². The van der Waals surface area contributed by atoms with Gasteiger partial charge in [0.05, 0.1) is 12.3 Å². The van der Waals surface area contributed by atoms with E-state index < -0.39 is 16.3 Å². The van der Waals surface area contributed by atoms with E-state index in [4.69, 9.17) is 9.47 Å². The molecule has 14 heavy (non-hydrogen) atoms. The highest BCUT2D eigenvalue weighted by molar-refractivity contribution is 7.89. The maximum absolute atomic E-state index is 11.1. The molecule has 86 valence electrons. The average Bonchev–Trinajstić information content (AvgIpc) is 2.15. The second kappa shape index (κ2) is 7.17. The quantitative estimate of drug-likeness (QED) is 0.604. The van der Waals surface area contributed by atoms with Crippen LogP contribution < -0.4 is 4.72 Å². The van der Waals surface area contributed by atoms with E-state index in [1.165, 1.54) is 0 Å². The van der Waals surface area contributed by atoms with Gasteiger partial charge in [-0.1, -0.05) is 0 Å². The van der Waals surface area contributed by atoms with Crippen molar-refractivity contribution in [1.29, 1.82) is 0 Å². The third kappa shape index (κ3) is 6.31. The van der Waals surface area contributed by atoms with Crippen molar-refractivity contribution in [3.63, 3.8) is 0 Å². The van der Waals surface area contributed by atoms with Crippen LogP contribution in [-0.2, 0) is 19.5 Å². The van der Waals surface area contributed by atoms with Gasteiger partial charge in [0.1, 0.15) is 0 Å². The molecule has 0 spiro atoms. The van der Waals surface area contributed by atoms with Crippen LogP contribution in [0.4, 0.5) is 0 Å². The molecule has 0 aromatic rings. The van der Waals surface area contributed by atoms with Gasteiger partial charge >= 0.3 is 0 Å². The van der Waals surface area contributed by atoms with E-state index in [1.807, 2.05) is 13.8 Å². The lowest BCUT2D eigenvalue weighted by atomic mass is 10.6. The number of nitrogens with one attached hydrogen (secondary N) is 1. The molecule has 0 fully saturated rings. The lowest BCUT2D eigenvalue weighted by molar-refractivity contribution is -0.130. The largest absolute Gasteiger partial charge is 0.352 e. The van der Waals surface area contributed by atoms with Crippen LogP contribution in [0.25, 0.3) is 0 Å². The fourth-order valence-electron chi connectivity index (χ4n) is 0.835. The Kier molecular flexibility index (Phi) is 7.08. The molecule has 0 radical (unpaired) electrons. The lowest BCUT2D eigenvalue weighted by Gasteiger charge is -2.16. The Labute approximate surface area is 85.8 Å². The molecule has 0 aliphatic rings. The molecule has 6 heteroatoms. The number of sulfonamides is 1. The van der Waals surface area contributed by atoms with Gasteiger partial charge in [-0.15, -0.1) is 0 Å². The summed E-state index contributed by atoms with van der Waals surface area (Å²) < 4.78 is 34.9. The smallest absolute Gasteiger partial charge is 0.211 e. The zero-order valence-electron chi connectivity index (χ0n) is 8.95. The van der Waals surface area contributed by atoms with Gasteiger partial charge in [0.25, 0.3) is 0 Å². The van der Waals surface area contributed by atoms with Crippen LogP contribution in [0.15, 0.2) is 0 Å². The molecule has 0 bridgehead atoms. The minimum atomic E-state index is -3.16. The summed E-state index contributed by atoms with van der Waals surface area (Å²) >= 11 is 0. The first-order valence-corrected chi connectivity index (χ1v) is 6.41. The third-order valence-electron chi connectivity index (χ3n) is 1.56. The van der Waals surface area contributed by atoms with E-state index in [9.17, 15) is 8.42 Å². The standard InChI is InChI=1S/C8H19NO4S/c1-4-12-8(13-5-2)7-9-14(10,11)6-3/h8-9H,4-7H2,1-3H3. The molecule has 0 atom stereocenters. The molecule has 0 amide bonds. The SMILES string of the molecule is CCOC(CNS(=O)(=O)CC)OCC. The third-order valence-corrected chi connectivity index (χ3v) is 2.92. The number of hydrogen-bond acceptors (Lipinski definition) is 4. The van der Waals surface area contributed by atoms with Crippen LogP contribution in [0, 0.1) is 0 Å². The van der Waals surface area contributed by atoms with Gasteiger partial charge in [-0.05, 0) is 20.8 Å². The predicted molar refractivity (Wildman–Crippen MR) is 54.5 cm³/mol. The summed E-state index contributed by atoms with van der Waals surface area (Å²) in [5.41, 5.74) is 0. The molecule has 0 heterocycles. The van der Waals surface area contributed by atoms with Crippen LogP contribution in [0.5, 0.6) is 0 Å². The normalized spacial score (nSPS) is 12.3. The van der Waals surface area contributed by atoms with Crippen LogP contribution in [0.1, 0.15) is 20.8 Å². The van der Waals surface area contributed by atoms with Crippen molar-refractivity contribution >= 4 is 10.0 Å². The zero-order valence-corrected chi connectivity index (χ0v) is 9.76. The first-order valence-electron chi connectivity index (χ1n) is 4.76. The Morgan fingerprint density at radius 3 is 2.00 bits per heavy atom. The van der Waals surface area contributed by atoms with Crippen LogP contribution in [-0.4, -0.2) is 40.2 Å². The molecule has 0 aliphatic carbocycles. The first-order chi connectivity index (χ1) is 6.55. The van der Waals surface area contributed by atoms with Crippen molar-refractivity contribution in [2.75, 3.05) is 25.5 Å². The van der Waals surface area contributed by atoms with Crippen LogP contribution in [0.3, 0.4) is 0 Å². The fourth-order valence-corrected chi connectivity index (χ4v) is 1.43. The molecule has 0 saturated heterocycles. The molecular weight excluding hydrogens is 206 g/mol. The number of rotatable bonds is 8. The van der Waals surface area contributed by atoms with Crippen molar-refractivity contribution in [3.05, 3.63) is 0 Å². The Hall–Kier alpha value is -0.170. The van der Waals surface area contributed by atoms with E-state index in [1.54, 1.807) is 6.92 Å². The Morgan fingerprint density at radius 2 is 1.64 bits per heavy atom. The van der Waals surface area contributed by atoms with E-state index in [-0.39, 0.29) is 12.3 Å². The highest BCUT2D eigenvalue weighted by Crippen LogP contribution is 1.94. The number of hydrogen-bond donors (Lipinski definition) is 1. The molecule has 0 rings (SSSR count). The van der Waals surface area contributed by atoms with E-state index in [2.05, 4.69) is 4.72 Å². The minimum absolute atomic E-state index is 0.0674. The van der Waals surface area contributed by atoms with Gasteiger partial charge in [-0.2, -0.15) is 0 Å². The predicted octanol–water partition coefficient (Wildman–Crippen LogP) is 0.325. The van der Waals surface area contributed by atoms with Crippen molar-refractivity contribution in [3.8, 4) is 0 Å². The Balaban J connectivity index is 3.92. The van der Waals surface area contributed by atoms with Gasteiger partial charge in [0.2, 0.25) is 10.0 Å². The first kappa shape index (κ1) is 13.8. The van der Waals surface area contributed by atoms with Crippen molar-refractivity contribution < 1.29 is 17.9 Å². The van der Waals surface area contributed by atoms with Gasteiger partial charge in [-0.25, -0.2) is 13.1 Å². The lowest BCUT2D eigenvalue weighted by Crippen LogP contribution is -2.36. The van der Waals surface area contributed by atoms with Crippen molar-refractivity contribution in [2.45, 2.75) is 27.1 Å². The molecule has 0 saturated carbocycles. The van der Waals surface area contributed by atoms with E-state index in [0.29, 0.717) is 13.2 Å². The van der Waals surface area contributed by atoms with Gasteiger partial charge < -0.3 is 9.47 Å². The molecule has 0 aromatic heterocycles. The summed E-state index contributed by atoms with van der Waals surface area (Å²) in [6.07, 6.45) is -0.494. The summed E-state index contributed by atoms with van der Waals surface area (Å²) in [5.74, 6) is 0.0674. The molecular formula is C8H19NO4S. The molecule has 5 nitrogen and oxygen atoms in total. The van der Waals surface area contributed by atoms with Crippen LogP contribution >= 0.6 is 0 Å². The highest BCUT2D eigenvalue weighted by atomic mass is 32.2. The topological polar surface area (TPSA) is 64.6 Å². The van der Waals surface area contributed by atoms with Crippen LogP contribution in [0.2, 0.25) is 0 Å². The van der Waals surface area contributed by atoms with Gasteiger partial charge in [0.15, 0.2) is 6.29 Å². The maximum atomic E-state index is 11.1. The summed E-state index contributed by atoms with van der Waals surface area (Å²) in [7, 11) is -3.16. The average molecular weight is 225 g/mol. The second-order valence-corrected chi connectivity index (χ2v) is 4.69.